The smallest absolute Gasteiger partial charge is 0.416 e. The molecule has 7 heteroatoms. The van der Waals surface area contributed by atoms with Gasteiger partial charge in [-0.15, -0.1) is 0 Å². The molecule has 2 rings (SSSR count). The van der Waals surface area contributed by atoms with Crippen molar-refractivity contribution >= 4 is 11.7 Å². The van der Waals surface area contributed by atoms with Crippen LogP contribution >= 0.6 is 0 Å². The maximum absolute atomic E-state index is 12.6. The van der Waals surface area contributed by atoms with E-state index in [0.29, 0.717) is 5.69 Å². The van der Waals surface area contributed by atoms with Crippen molar-refractivity contribution in [3.8, 4) is 17.6 Å². The number of urea groups is 1. The maximum atomic E-state index is 12.6. The number of anilines is 1. The van der Waals surface area contributed by atoms with E-state index < -0.39 is 17.8 Å². The molecule has 0 heterocycles. The van der Waals surface area contributed by atoms with E-state index in [1.807, 2.05) is 6.07 Å². The molecule has 0 unspecified atom stereocenters. The van der Waals surface area contributed by atoms with Crippen molar-refractivity contribution in [1.29, 1.82) is 0 Å². The summed E-state index contributed by atoms with van der Waals surface area (Å²) in [6, 6.07) is 13.1. The standard InChI is InChI=1S/C18H15F3N2O2/c19-18(20,21)14-7-6-10-16(13-14)25-12-5-4-11-22-17(24)23-15-8-2-1-3-9-15/h1-3,6-10,13H,11-12H2,(H2,22,23,24). The van der Waals surface area contributed by atoms with E-state index in [4.69, 9.17) is 4.74 Å². The highest BCUT2D eigenvalue weighted by atomic mass is 19.4. The minimum Gasteiger partial charge on any atom is -0.481 e. The molecule has 0 saturated heterocycles. The van der Waals surface area contributed by atoms with Crippen molar-refractivity contribution in [2.75, 3.05) is 18.5 Å². The summed E-state index contributed by atoms with van der Waals surface area (Å²) in [6.07, 6.45) is -4.42. The summed E-state index contributed by atoms with van der Waals surface area (Å²) in [5.74, 6) is 5.35. The number of ether oxygens (including phenoxy) is 1. The second-order valence-electron chi connectivity index (χ2n) is 4.84. The minimum absolute atomic E-state index is 0.0801. The van der Waals surface area contributed by atoms with E-state index in [9.17, 15) is 18.0 Å². The number of halogens is 3. The zero-order chi connectivity index (χ0) is 18.1. The predicted molar refractivity (Wildman–Crippen MR) is 88.2 cm³/mol. The number of carbonyl (C=O) groups excluding carboxylic acids is 1. The molecule has 0 aliphatic carbocycles. The lowest BCUT2D eigenvalue weighted by Gasteiger charge is -2.08. The van der Waals surface area contributed by atoms with Gasteiger partial charge in [0.25, 0.3) is 0 Å². The molecule has 25 heavy (non-hydrogen) atoms. The van der Waals surface area contributed by atoms with Crippen LogP contribution in [0, 0.1) is 11.8 Å². The first-order chi connectivity index (χ1) is 11.9. The fourth-order valence-corrected chi connectivity index (χ4v) is 1.82. The van der Waals surface area contributed by atoms with Gasteiger partial charge in [-0.1, -0.05) is 36.1 Å². The first kappa shape index (κ1) is 18.2. The van der Waals surface area contributed by atoms with Crippen LogP contribution in [0.2, 0.25) is 0 Å². The van der Waals surface area contributed by atoms with Crippen LogP contribution in [-0.2, 0) is 6.18 Å². The van der Waals surface area contributed by atoms with Crippen molar-refractivity contribution in [2.24, 2.45) is 0 Å². The maximum Gasteiger partial charge on any atom is 0.416 e. The number of alkyl halides is 3. The Hall–Kier alpha value is -3.14. The van der Waals surface area contributed by atoms with Crippen LogP contribution in [0.1, 0.15) is 5.56 Å². The second-order valence-corrected chi connectivity index (χ2v) is 4.84. The predicted octanol–water partition coefficient (Wildman–Crippen LogP) is 3.91. The minimum atomic E-state index is -4.42. The van der Waals surface area contributed by atoms with Gasteiger partial charge in [0.05, 0.1) is 12.1 Å². The fourth-order valence-electron chi connectivity index (χ4n) is 1.82. The average molecular weight is 348 g/mol. The van der Waals surface area contributed by atoms with Crippen LogP contribution < -0.4 is 15.4 Å². The molecule has 0 atom stereocenters. The first-order valence-electron chi connectivity index (χ1n) is 7.31. The molecule has 130 valence electrons. The van der Waals surface area contributed by atoms with E-state index in [-0.39, 0.29) is 18.9 Å². The zero-order valence-corrected chi connectivity index (χ0v) is 13.1. The Morgan fingerprint density at radius 2 is 1.80 bits per heavy atom. The number of para-hydroxylation sites is 1. The molecule has 2 amide bonds. The van der Waals surface area contributed by atoms with Crippen LogP contribution in [0.5, 0.6) is 5.75 Å². The molecule has 0 aliphatic heterocycles. The van der Waals surface area contributed by atoms with Gasteiger partial charge >= 0.3 is 12.2 Å². The summed E-state index contributed by atoms with van der Waals surface area (Å²) in [4.78, 5) is 11.6. The van der Waals surface area contributed by atoms with Crippen molar-refractivity contribution in [2.45, 2.75) is 6.18 Å². The number of rotatable bonds is 4. The topological polar surface area (TPSA) is 50.4 Å². The van der Waals surface area contributed by atoms with Crippen LogP contribution in [0.3, 0.4) is 0 Å². The van der Waals surface area contributed by atoms with Crippen LogP contribution in [0.4, 0.5) is 23.7 Å². The Labute approximate surface area is 143 Å². The fraction of sp³-hybridized carbons (Fsp3) is 0.167. The summed E-state index contributed by atoms with van der Waals surface area (Å²) in [5, 5.41) is 5.15. The summed E-state index contributed by atoms with van der Waals surface area (Å²) in [5.41, 5.74) is -0.127. The summed E-state index contributed by atoms with van der Waals surface area (Å²) < 4.78 is 42.8. The Balaban J connectivity index is 1.72. The number of carbonyl (C=O) groups is 1. The Morgan fingerprint density at radius 3 is 2.52 bits per heavy atom. The molecule has 0 bridgehead atoms. The van der Waals surface area contributed by atoms with Crippen molar-refractivity contribution in [1.82, 2.24) is 5.32 Å². The molecule has 0 fully saturated rings. The summed E-state index contributed by atoms with van der Waals surface area (Å²) in [7, 11) is 0. The van der Waals surface area contributed by atoms with Crippen molar-refractivity contribution in [3.63, 3.8) is 0 Å². The molecule has 0 aromatic heterocycles. The summed E-state index contributed by atoms with van der Waals surface area (Å²) >= 11 is 0. The molecule has 0 spiro atoms. The molecule has 2 aromatic rings. The number of amides is 2. The van der Waals surface area contributed by atoms with Gasteiger partial charge in [-0.25, -0.2) is 4.79 Å². The first-order valence-corrected chi connectivity index (χ1v) is 7.31. The number of hydrogen-bond donors (Lipinski definition) is 2. The highest BCUT2D eigenvalue weighted by Gasteiger charge is 2.30. The van der Waals surface area contributed by atoms with E-state index in [1.165, 1.54) is 12.1 Å². The van der Waals surface area contributed by atoms with E-state index >= 15 is 0 Å². The van der Waals surface area contributed by atoms with Gasteiger partial charge in [0.15, 0.2) is 0 Å². The SMILES string of the molecule is O=C(NCC#CCOc1cccc(C(F)(F)F)c1)Nc1ccccc1. The van der Waals surface area contributed by atoms with Crippen LogP contribution in [0.25, 0.3) is 0 Å². The second kappa shape index (κ2) is 8.64. The Kier molecular flexibility index (Phi) is 6.29. The number of hydrogen-bond acceptors (Lipinski definition) is 2. The van der Waals surface area contributed by atoms with Gasteiger partial charge in [-0.2, -0.15) is 13.2 Å². The van der Waals surface area contributed by atoms with Gasteiger partial charge in [0, 0.05) is 5.69 Å². The van der Waals surface area contributed by atoms with Gasteiger partial charge in [0.2, 0.25) is 0 Å². The molecular weight excluding hydrogens is 333 g/mol. The third-order valence-electron chi connectivity index (χ3n) is 2.97. The van der Waals surface area contributed by atoms with Gasteiger partial charge in [-0.05, 0) is 30.3 Å². The molecular formula is C18H15F3N2O2. The molecule has 2 N–H and O–H groups in total. The average Bonchev–Trinajstić information content (AvgIpc) is 2.58. The van der Waals surface area contributed by atoms with Crippen molar-refractivity contribution < 1.29 is 22.7 Å². The van der Waals surface area contributed by atoms with Crippen molar-refractivity contribution in [3.05, 3.63) is 60.2 Å². The molecule has 0 aliphatic rings. The molecule has 0 saturated carbocycles. The zero-order valence-electron chi connectivity index (χ0n) is 13.1. The largest absolute Gasteiger partial charge is 0.481 e. The van der Waals surface area contributed by atoms with Gasteiger partial charge in [-0.3, -0.25) is 0 Å². The lowest BCUT2D eigenvalue weighted by Crippen LogP contribution is -2.28. The third-order valence-corrected chi connectivity index (χ3v) is 2.97. The quantitative estimate of drug-likeness (QED) is 0.823. The monoisotopic (exact) mass is 348 g/mol. The van der Waals surface area contributed by atoms with E-state index in [0.717, 1.165) is 12.1 Å². The van der Waals surface area contributed by atoms with Gasteiger partial charge < -0.3 is 15.4 Å². The van der Waals surface area contributed by atoms with E-state index in [2.05, 4.69) is 22.5 Å². The van der Waals surface area contributed by atoms with E-state index in [1.54, 1.807) is 24.3 Å². The Morgan fingerprint density at radius 1 is 1.04 bits per heavy atom. The molecule has 2 aromatic carbocycles. The highest BCUT2D eigenvalue weighted by Crippen LogP contribution is 2.31. The lowest BCUT2D eigenvalue weighted by atomic mass is 10.2. The van der Waals surface area contributed by atoms with Crippen LogP contribution in [0.15, 0.2) is 54.6 Å². The number of benzene rings is 2. The molecule has 4 nitrogen and oxygen atoms in total. The number of nitrogens with one attached hydrogen (secondary N) is 2. The molecule has 0 radical (unpaired) electrons. The lowest BCUT2D eigenvalue weighted by molar-refractivity contribution is -0.137. The third kappa shape index (κ3) is 6.47. The normalized spacial score (nSPS) is 10.4. The van der Waals surface area contributed by atoms with Crippen LogP contribution in [-0.4, -0.2) is 19.2 Å². The Bertz CT molecular complexity index is 765. The highest BCUT2D eigenvalue weighted by molar-refractivity contribution is 5.89. The summed E-state index contributed by atoms with van der Waals surface area (Å²) in [6.45, 7) is 0.00785. The van der Waals surface area contributed by atoms with Gasteiger partial charge in [0.1, 0.15) is 12.4 Å².